The largest absolute Gasteiger partial charge is 0.496 e. The summed E-state index contributed by atoms with van der Waals surface area (Å²) in [4.78, 5) is 9.10. The minimum absolute atomic E-state index is 0.532. The molecule has 1 aromatic heterocycles. The Bertz CT molecular complexity index is 1060. The standard InChI is InChI=1S/C21H20N4O3/c1-26-17-13-19-18(27-9-10-28-19)12-16(17)21-24-7-8-25(21)15-4-2-3-14(11-15)20-22-5-6-23-20/h2-4,7-8,11-13H,5-6,9-10H2,1H3,(H,22,23). The SMILES string of the molecule is COc1cc2c(cc1-c1nccn1-c1cccc(C3=NCCN3)c1)OCCO2. The summed E-state index contributed by atoms with van der Waals surface area (Å²) in [6, 6.07) is 12.0. The molecule has 7 nitrogen and oxygen atoms in total. The highest BCUT2D eigenvalue weighted by Crippen LogP contribution is 2.41. The molecule has 0 fully saturated rings. The lowest BCUT2D eigenvalue weighted by atomic mass is 10.1. The van der Waals surface area contributed by atoms with Gasteiger partial charge in [0.15, 0.2) is 11.5 Å². The Kier molecular flexibility index (Phi) is 4.12. The number of benzene rings is 2. The molecule has 3 aromatic rings. The van der Waals surface area contributed by atoms with Gasteiger partial charge in [-0.1, -0.05) is 12.1 Å². The minimum Gasteiger partial charge on any atom is -0.496 e. The lowest BCUT2D eigenvalue weighted by molar-refractivity contribution is 0.171. The molecule has 2 aliphatic rings. The number of fused-ring (bicyclic) bond motifs is 1. The number of nitrogens with one attached hydrogen (secondary N) is 1. The highest BCUT2D eigenvalue weighted by molar-refractivity contribution is 6.00. The first kappa shape index (κ1) is 16.7. The van der Waals surface area contributed by atoms with E-state index in [4.69, 9.17) is 14.2 Å². The van der Waals surface area contributed by atoms with Gasteiger partial charge in [0, 0.05) is 36.3 Å². The quantitative estimate of drug-likeness (QED) is 0.758. The van der Waals surface area contributed by atoms with Gasteiger partial charge >= 0.3 is 0 Å². The van der Waals surface area contributed by atoms with Crippen LogP contribution in [0.2, 0.25) is 0 Å². The zero-order valence-corrected chi connectivity index (χ0v) is 15.5. The van der Waals surface area contributed by atoms with Crippen LogP contribution in [0.15, 0.2) is 53.8 Å². The molecule has 0 spiro atoms. The van der Waals surface area contributed by atoms with E-state index in [0.717, 1.165) is 41.6 Å². The van der Waals surface area contributed by atoms with E-state index < -0.39 is 0 Å². The predicted molar refractivity (Wildman–Crippen MR) is 106 cm³/mol. The van der Waals surface area contributed by atoms with E-state index in [2.05, 4.69) is 33.5 Å². The Hall–Kier alpha value is -3.48. The van der Waals surface area contributed by atoms with Crippen molar-refractivity contribution < 1.29 is 14.2 Å². The number of aliphatic imine (C=N–C) groups is 1. The summed E-state index contributed by atoms with van der Waals surface area (Å²) in [6.45, 7) is 2.76. The first-order valence-corrected chi connectivity index (χ1v) is 9.24. The maximum atomic E-state index is 5.75. The summed E-state index contributed by atoms with van der Waals surface area (Å²) < 4.78 is 19.1. The van der Waals surface area contributed by atoms with Gasteiger partial charge in [-0.15, -0.1) is 0 Å². The number of methoxy groups -OCH3 is 1. The van der Waals surface area contributed by atoms with E-state index in [1.807, 2.05) is 29.0 Å². The van der Waals surface area contributed by atoms with Crippen LogP contribution in [0.3, 0.4) is 0 Å². The monoisotopic (exact) mass is 376 g/mol. The molecule has 0 unspecified atom stereocenters. The van der Waals surface area contributed by atoms with Gasteiger partial charge in [-0.2, -0.15) is 0 Å². The van der Waals surface area contributed by atoms with Crippen molar-refractivity contribution in [2.75, 3.05) is 33.4 Å². The lowest BCUT2D eigenvalue weighted by Gasteiger charge is -2.21. The van der Waals surface area contributed by atoms with Crippen molar-refractivity contribution in [1.29, 1.82) is 0 Å². The van der Waals surface area contributed by atoms with Gasteiger partial charge in [0.05, 0.1) is 19.2 Å². The fourth-order valence-electron chi connectivity index (χ4n) is 3.52. The maximum Gasteiger partial charge on any atom is 0.165 e. The summed E-state index contributed by atoms with van der Waals surface area (Å²) in [5.41, 5.74) is 2.90. The molecule has 0 saturated carbocycles. The molecule has 5 rings (SSSR count). The third-order valence-corrected chi connectivity index (χ3v) is 4.82. The van der Waals surface area contributed by atoms with E-state index in [1.165, 1.54) is 0 Å². The molecular weight excluding hydrogens is 356 g/mol. The van der Waals surface area contributed by atoms with Crippen LogP contribution < -0.4 is 19.5 Å². The zero-order valence-electron chi connectivity index (χ0n) is 15.5. The van der Waals surface area contributed by atoms with Crippen molar-refractivity contribution in [3.63, 3.8) is 0 Å². The van der Waals surface area contributed by atoms with Crippen LogP contribution in [0, 0.1) is 0 Å². The summed E-state index contributed by atoms with van der Waals surface area (Å²) in [6.07, 6.45) is 3.72. The molecule has 0 atom stereocenters. The van der Waals surface area contributed by atoms with Gasteiger partial charge < -0.3 is 19.5 Å². The highest BCUT2D eigenvalue weighted by Gasteiger charge is 2.20. The molecule has 0 amide bonds. The Balaban J connectivity index is 1.60. The van der Waals surface area contributed by atoms with Crippen molar-refractivity contribution >= 4 is 5.84 Å². The molecule has 28 heavy (non-hydrogen) atoms. The number of hydrogen-bond donors (Lipinski definition) is 1. The van der Waals surface area contributed by atoms with Crippen molar-refractivity contribution in [3.8, 4) is 34.3 Å². The van der Waals surface area contributed by atoms with Crippen molar-refractivity contribution in [2.24, 2.45) is 4.99 Å². The zero-order chi connectivity index (χ0) is 18.9. The molecule has 142 valence electrons. The molecule has 2 aliphatic heterocycles. The van der Waals surface area contributed by atoms with Crippen LogP contribution in [0.5, 0.6) is 17.2 Å². The number of imidazole rings is 1. The Morgan fingerprint density at radius 3 is 2.75 bits per heavy atom. The van der Waals surface area contributed by atoms with Crippen molar-refractivity contribution in [2.45, 2.75) is 0 Å². The molecule has 7 heteroatoms. The van der Waals surface area contributed by atoms with E-state index in [9.17, 15) is 0 Å². The molecule has 1 N–H and O–H groups in total. The van der Waals surface area contributed by atoms with Gasteiger partial charge in [0.25, 0.3) is 0 Å². The van der Waals surface area contributed by atoms with E-state index in [-0.39, 0.29) is 0 Å². The Morgan fingerprint density at radius 2 is 1.96 bits per heavy atom. The molecule has 2 aromatic carbocycles. The fourth-order valence-corrected chi connectivity index (χ4v) is 3.52. The maximum absolute atomic E-state index is 5.75. The highest BCUT2D eigenvalue weighted by atomic mass is 16.6. The smallest absolute Gasteiger partial charge is 0.165 e. The molecule has 3 heterocycles. The van der Waals surface area contributed by atoms with Gasteiger partial charge in [-0.3, -0.25) is 9.56 Å². The summed E-state index contributed by atoms with van der Waals surface area (Å²) in [5, 5.41) is 3.32. The molecule has 0 bridgehead atoms. The average molecular weight is 376 g/mol. The topological polar surface area (TPSA) is 69.9 Å². The number of rotatable bonds is 4. The second-order valence-corrected chi connectivity index (χ2v) is 6.52. The molecular formula is C21H20N4O3. The summed E-state index contributed by atoms with van der Waals surface area (Å²) in [5.74, 6) is 3.79. The van der Waals surface area contributed by atoms with Gasteiger partial charge in [-0.25, -0.2) is 4.98 Å². The first-order valence-electron chi connectivity index (χ1n) is 9.24. The average Bonchev–Trinajstić information content (AvgIpc) is 3.45. The third-order valence-electron chi connectivity index (χ3n) is 4.82. The molecule has 0 radical (unpaired) electrons. The predicted octanol–water partition coefficient (Wildman–Crippen LogP) is 2.67. The van der Waals surface area contributed by atoms with Crippen LogP contribution in [0.25, 0.3) is 17.1 Å². The second kappa shape index (κ2) is 6.92. The van der Waals surface area contributed by atoms with Crippen LogP contribution in [-0.2, 0) is 0 Å². The van der Waals surface area contributed by atoms with E-state index >= 15 is 0 Å². The summed E-state index contributed by atoms with van der Waals surface area (Å²) >= 11 is 0. The third kappa shape index (κ3) is 2.85. The minimum atomic E-state index is 0.532. The van der Waals surface area contributed by atoms with Gasteiger partial charge in [0.2, 0.25) is 0 Å². The molecule has 0 aliphatic carbocycles. The van der Waals surface area contributed by atoms with Crippen LogP contribution in [-0.4, -0.2) is 48.8 Å². The van der Waals surface area contributed by atoms with Gasteiger partial charge in [-0.05, 0) is 18.2 Å². The number of ether oxygens (including phenoxy) is 3. The van der Waals surface area contributed by atoms with Crippen LogP contribution in [0.1, 0.15) is 5.56 Å². The molecule has 0 saturated heterocycles. The number of amidine groups is 1. The second-order valence-electron chi connectivity index (χ2n) is 6.52. The lowest BCUT2D eigenvalue weighted by Crippen LogP contribution is -2.19. The van der Waals surface area contributed by atoms with Crippen molar-refractivity contribution in [1.82, 2.24) is 14.9 Å². The first-order chi connectivity index (χ1) is 13.8. The fraction of sp³-hybridized carbons (Fsp3) is 0.238. The van der Waals surface area contributed by atoms with Crippen LogP contribution in [0.4, 0.5) is 0 Å². The normalized spacial score (nSPS) is 15.1. The number of aromatic nitrogens is 2. The Labute approximate surface area is 162 Å². The number of nitrogens with zero attached hydrogens (tertiary/aromatic N) is 3. The van der Waals surface area contributed by atoms with E-state index in [0.29, 0.717) is 30.5 Å². The Morgan fingerprint density at radius 1 is 1.11 bits per heavy atom. The van der Waals surface area contributed by atoms with Crippen molar-refractivity contribution in [3.05, 3.63) is 54.4 Å². The van der Waals surface area contributed by atoms with Gasteiger partial charge in [0.1, 0.15) is 30.6 Å². The summed E-state index contributed by atoms with van der Waals surface area (Å²) in [7, 11) is 1.65. The van der Waals surface area contributed by atoms with Crippen LogP contribution >= 0.6 is 0 Å². The van der Waals surface area contributed by atoms with E-state index in [1.54, 1.807) is 13.3 Å². The number of hydrogen-bond acceptors (Lipinski definition) is 6.